The second-order valence-corrected chi connectivity index (χ2v) is 13.8. The fraction of sp³-hybridized carbons (Fsp3) is 0. The number of benzene rings is 7. The molecule has 0 spiro atoms. The topological polar surface area (TPSA) is 49.7 Å². The predicted molar refractivity (Wildman–Crippen MR) is 198 cm³/mol. The zero-order chi connectivity index (χ0) is 31.3. The molecule has 0 unspecified atom stereocenters. The molecule has 0 fully saturated rings. The van der Waals surface area contributed by atoms with Crippen molar-refractivity contribution >= 4 is 112 Å². The molecule has 0 radical (unpaired) electrons. The molecule has 5 nitrogen and oxygen atoms in total. The average Bonchev–Trinajstić information content (AvgIpc) is 3.81. The van der Waals surface area contributed by atoms with E-state index in [4.69, 9.17) is 18.3 Å². The molecule has 0 atom stereocenters. The van der Waals surface area contributed by atoms with Crippen LogP contribution in [0.5, 0.6) is 23.0 Å². The molecule has 0 bridgehead atoms. The number of hydrogen-bond acceptors (Lipinski definition) is 4. The molecule has 0 amide bonds. The van der Waals surface area contributed by atoms with Gasteiger partial charge in [-0.3, -0.25) is 0 Å². The molecule has 49 heavy (non-hydrogen) atoms. The van der Waals surface area contributed by atoms with Crippen LogP contribution in [-0.2, 0) is 0 Å². The molecule has 4 aliphatic heterocycles. The predicted octanol–water partition coefficient (Wildman–Crippen LogP) is 6.45. The van der Waals surface area contributed by atoms with E-state index in [1.807, 2.05) is 0 Å². The summed E-state index contributed by atoms with van der Waals surface area (Å²) in [5, 5.41) is 6.93. The average molecular weight is 623 g/mol. The van der Waals surface area contributed by atoms with Gasteiger partial charge in [-0.05, 0) is 69.2 Å². The molecular formula is C42H19B2NO4. The van der Waals surface area contributed by atoms with Gasteiger partial charge in [-0.1, -0.05) is 72.8 Å². The highest BCUT2D eigenvalue weighted by atomic mass is 16.5. The fourth-order valence-corrected chi connectivity index (χ4v) is 10.00. The summed E-state index contributed by atoms with van der Waals surface area (Å²) in [6.45, 7) is -0.125. The van der Waals surface area contributed by atoms with Crippen LogP contribution in [0, 0.1) is 0 Å². The minimum atomic E-state index is -0.0625. The number of hydrogen-bond donors (Lipinski definition) is 0. The molecule has 7 heteroatoms. The van der Waals surface area contributed by atoms with Gasteiger partial charge in [0.25, 0.3) is 13.4 Å². The van der Waals surface area contributed by atoms with Crippen LogP contribution in [0.25, 0.3) is 71.4 Å². The van der Waals surface area contributed by atoms with Crippen molar-refractivity contribution in [3.8, 4) is 28.7 Å². The lowest BCUT2D eigenvalue weighted by molar-refractivity contribution is 0.465. The van der Waals surface area contributed by atoms with E-state index in [9.17, 15) is 0 Å². The Morgan fingerprint density at radius 3 is 1.41 bits per heavy atom. The quantitative estimate of drug-likeness (QED) is 0.182. The van der Waals surface area contributed by atoms with Crippen molar-refractivity contribution in [2.45, 2.75) is 0 Å². The van der Waals surface area contributed by atoms with E-state index in [2.05, 4.69) is 120 Å². The number of fused-ring (bicyclic) bond motifs is 15. The SMILES string of the molecule is c1ccc2c(c1)Oc1cc3c4c5c1B2c1c2c(cc6c7cc8oc9ccccc9c8c(c7n-5c16)B4c1ccccc1O3)oc1ccccc12. The summed E-state index contributed by atoms with van der Waals surface area (Å²) in [4.78, 5) is 0. The Hall–Kier alpha value is -6.33. The zero-order valence-corrected chi connectivity index (χ0v) is 25.7. The summed E-state index contributed by atoms with van der Waals surface area (Å²) >= 11 is 0. The maximum Gasteiger partial charge on any atom is 0.257 e. The van der Waals surface area contributed by atoms with Gasteiger partial charge in [0.2, 0.25) is 0 Å². The van der Waals surface area contributed by atoms with Crippen LogP contribution in [-0.4, -0.2) is 18.0 Å². The van der Waals surface area contributed by atoms with E-state index in [-0.39, 0.29) is 13.4 Å². The molecule has 7 aromatic carbocycles. The smallest absolute Gasteiger partial charge is 0.257 e. The van der Waals surface area contributed by atoms with Gasteiger partial charge < -0.3 is 22.9 Å². The van der Waals surface area contributed by atoms with Crippen LogP contribution in [0.2, 0.25) is 0 Å². The molecule has 14 rings (SSSR count). The van der Waals surface area contributed by atoms with Gasteiger partial charge in [-0.15, -0.1) is 0 Å². The van der Waals surface area contributed by atoms with Crippen LogP contribution < -0.4 is 42.3 Å². The number of rotatable bonds is 0. The summed E-state index contributed by atoms with van der Waals surface area (Å²) in [5.41, 5.74) is 14.5. The first-order valence-corrected chi connectivity index (χ1v) is 16.8. The van der Waals surface area contributed by atoms with Crippen molar-refractivity contribution in [1.29, 1.82) is 0 Å². The summed E-state index contributed by atoms with van der Waals surface area (Å²) in [6, 6.07) is 40.6. The highest BCUT2D eigenvalue weighted by Crippen LogP contribution is 2.46. The summed E-state index contributed by atoms with van der Waals surface area (Å²) in [7, 11) is 0. The lowest BCUT2D eigenvalue weighted by Crippen LogP contribution is -2.65. The first kappa shape index (κ1) is 23.9. The Labute approximate surface area is 278 Å². The van der Waals surface area contributed by atoms with E-state index in [0.717, 1.165) is 66.9 Å². The number of aromatic nitrogens is 1. The third-order valence-corrected chi connectivity index (χ3v) is 11.7. The molecule has 0 aliphatic carbocycles. The van der Waals surface area contributed by atoms with Crippen molar-refractivity contribution in [3.63, 3.8) is 0 Å². The summed E-state index contributed by atoms with van der Waals surface area (Å²) in [5.74, 6) is 3.45. The Morgan fingerprint density at radius 1 is 0.408 bits per heavy atom. The molecule has 7 heterocycles. The maximum atomic E-state index is 6.85. The molecule has 222 valence electrons. The molecule has 0 saturated carbocycles. The van der Waals surface area contributed by atoms with Gasteiger partial charge in [-0.25, -0.2) is 0 Å². The fourth-order valence-electron chi connectivity index (χ4n) is 10.00. The van der Waals surface area contributed by atoms with Gasteiger partial charge >= 0.3 is 0 Å². The number of para-hydroxylation sites is 4. The minimum absolute atomic E-state index is 0.0625. The first-order valence-electron chi connectivity index (χ1n) is 16.8. The highest BCUT2D eigenvalue weighted by Gasteiger charge is 2.50. The third-order valence-electron chi connectivity index (χ3n) is 11.7. The Balaban J connectivity index is 1.33. The number of nitrogens with zero attached hydrogens (tertiary/aromatic N) is 1. The van der Waals surface area contributed by atoms with E-state index in [0.29, 0.717) is 0 Å². The van der Waals surface area contributed by atoms with Gasteiger partial charge in [0, 0.05) is 44.1 Å². The normalized spacial score (nSPS) is 14.4. The summed E-state index contributed by atoms with van der Waals surface area (Å²) in [6.07, 6.45) is 0. The van der Waals surface area contributed by atoms with Crippen LogP contribution in [0.3, 0.4) is 0 Å². The van der Waals surface area contributed by atoms with Crippen molar-refractivity contribution in [2.24, 2.45) is 0 Å². The van der Waals surface area contributed by atoms with Crippen molar-refractivity contribution < 1.29 is 18.3 Å². The number of furan rings is 2. The lowest BCUT2D eigenvalue weighted by atomic mass is 9.30. The lowest BCUT2D eigenvalue weighted by Gasteiger charge is -2.40. The minimum Gasteiger partial charge on any atom is -0.458 e. The molecule has 3 aromatic heterocycles. The zero-order valence-electron chi connectivity index (χ0n) is 25.7. The van der Waals surface area contributed by atoms with E-state index >= 15 is 0 Å². The first-order chi connectivity index (χ1) is 24.3. The summed E-state index contributed by atoms with van der Waals surface area (Å²) < 4.78 is 29.7. The van der Waals surface area contributed by atoms with E-state index < -0.39 is 0 Å². The highest BCUT2D eigenvalue weighted by molar-refractivity contribution is 7.05. The van der Waals surface area contributed by atoms with Gasteiger partial charge in [0.1, 0.15) is 45.3 Å². The van der Waals surface area contributed by atoms with E-state index in [1.165, 1.54) is 60.3 Å². The standard InChI is InChI=1S/C42H19B2NO4/c1-5-13-26-20(9-1)34-30(46-26)17-22-23-18-31-35(21-10-2-6-14-27(21)47-31)39-41(23)45-40(22)38(34)43-24-11-3-7-15-28(24)48-32-19-33-37(42(45)36(32)43)44(39)25-12-4-8-16-29(25)49-33/h1-19H. The second-order valence-electron chi connectivity index (χ2n) is 13.8. The molecule has 10 aromatic rings. The third kappa shape index (κ3) is 2.51. The number of ether oxygens (including phenoxy) is 2. The van der Waals surface area contributed by atoms with Crippen LogP contribution in [0.4, 0.5) is 0 Å². The molecule has 4 aliphatic rings. The molecular weight excluding hydrogens is 604 g/mol. The van der Waals surface area contributed by atoms with Crippen molar-refractivity contribution in [1.82, 2.24) is 4.57 Å². The molecule has 0 N–H and O–H groups in total. The van der Waals surface area contributed by atoms with E-state index in [1.54, 1.807) is 0 Å². The Bertz CT molecular complexity index is 3050. The van der Waals surface area contributed by atoms with Crippen LogP contribution in [0.15, 0.2) is 124 Å². The van der Waals surface area contributed by atoms with Crippen LogP contribution in [0.1, 0.15) is 0 Å². The largest absolute Gasteiger partial charge is 0.458 e. The monoisotopic (exact) mass is 623 g/mol. The maximum absolute atomic E-state index is 6.85. The van der Waals surface area contributed by atoms with Gasteiger partial charge in [-0.2, -0.15) is 0 Å². The Morgan fingerprint density at radius 2 is 0.878 bits per heavy atom. The van der Waals surface area contributed by atoms with Crippen molar-refractivity contribution in [2.75, 3.05) is 0 Å². The van der Waals surface area contributed by atoms with Gasteiger partial charge in [0.05, 0.1) is 11.0 Å². The molecule has 0 saturated heterocycles. The second kappa shape index (κ2) is 7.69. The van der Waals surface area contributed by atoms with Crippen LogP contribution >= 0.6 is 0 Å². The Kier molecular flexibility index (Phi) is 3.75. The van der Waals surface area contributed by atoms with Crippen molar-refractivity contribution in [3.05, 3.63) is 115 Å². The van der Waals surface area contributed by atoms with Gasteiger partial charge in [0.15, 0.2) is 0 Å².